The normalized spacial score (nSPS) is 17.5. The molecule has 0 amide bonds. The van der Waals surface area contributed by atoms with E-state index < -0.39 is 0 Å². The Kier molecular flexibility index (Phi) is 6.33. The predicted molar refractivity (Wildman–Crippen MR) is 86.3 cm³/mol. The maximum absolute atomic E-state index is 5.65. The molecule has 1 heterocycles. The van der Waals surface area contributed by atoms with Gasteiger partial charge in [0.25, 0.3) is 0 Å². The number of methoxy groups -OCH3 is 2. The monoisotopic (exact) mass is 292 g/mol. The van der Waals surface area contributed by atoms with E-state index >= 15 is 0 Å². The number of piperazine rings is 1. The van der Waals surface area contributed by atoms with Crippen molar-refractivity contribution >= 4 is 0 Å². The fraction of sp³-hybridized carbons (Fsp3) is 0.647. The fourth-order valence-corrected chi connectivity index (χ4v) is 3.10. The zero-order chi connectivity index (χ0) is 15.1. The summed E-state index contributed by atoms with van der Waals surface area (Å²) in [6, 6.07) is 6.63. The van der Waals surface area contributed by atoms with Gasteiger partial charge in [0, 0.05) is 37.8 Å². The van der Waals surface area contributed by atoms with E-state index in [1.165, 1.54) is 24.8 Å². The molecule has 0 unspecified atom stereocenters. The van der Waals surface area contributed by atoms with Crippen molar-refractivity contribution in [1.29, 1.82) is 0 Å². The summed E-state index contributed by atoms with van der Waals surface area (Å²) in [6.07, 6.45) is 3.61. The lowest BCUT2D eigenvalue weighted by Crippen LogP contribution is -2.45. The quantitative estimate of drug-likeness (QED) is 0.838. The first kappa shape index (κ1) is 16.1. The zero-order valence-corrected chi connectivity index (χ0v) is 13.5. The molecular formula is C17H28N2O2. The Morgan fingerprint density at radius 1 is 1.19 bits per heavy atom. The lowest BCUT2D eigenvalue weighted by molar-refractivity contribution is 0.160. The molecule has 2 rings (SSSR count). The highest BCUT2D eigenvalue weighted by Crippen LogP contribution is 2.39. The molecule has 1 aliphatic rings. The van der Waals surface area contributed by atoms with Crippen LogP contribution >= 0.6 is 0 Å². The Balaban J connectivity index is 2.30. The van der Waals surface area contributed by atoms with Gasteiger partial charge in [-0.2, -0.15) is 0 Å². The molecule has 1 aromatic carbocycles. The third kappa shape index (κ3) is 3.89. The largest absolute Gasteiger partial charge is 0.493 e. The van der Waals surface area contributed by atoms with Crippen molar-refractivity contribution in [3.63, 3.8) is 0 Å². The standard InChI is InChI=1S/C17H28N2O2/c1-4-5-8-15(19-12-10-18-11-13-19)14-7-6-9-16(20-2)17(14)21-3/h6-7,9,15,18H,4-5,8,10-13H2,1-3H3/t15-/m0/s1. The Bertz CT molecular complexity index is 431. The molecule has 4 nitrogen and oxygen atoms in total. The molecule has 21 heavy (non-hydrogen) atoms. The average molecular weight is 292 g/mol. The third-order valence-corrected chi connectivity index (χ3v) is 4.22. The van der Waals surface area contributed by atoms with Crippen molar-refractivity contribution in [3.05, 3.63) is 23.8 Å². The van der Waals surface area contributed by atoms with Gasteiger partial charge in [-0.05, 0) is 12.5 Å². The first-order valence-electron chi connectivity index (χ1n) is 7.97. The number of unbranched alkanes of at least 4 members (excludes halogenated alkanes) is 1. The second kappa shape index (κ2) is 8.25. The van der Waals surface area contributed by atoms with Crippen molar-refractivity contribution in [2.24, 2.45) is 0 Å². The van der Waals surface area contributed by atoms with Gasteiger partial charge in [0.2, 0.25) is 0 Å². The molecule has 1 aromatic rings. The summed E-state index contributed by atoms with van der Waals surface area (Å²) in [7, 11) is 3.43. The van der Waals surface area contributed by atoms with Gasteiger partial charge in [-0.15, -0.1) is 0 Å². The molecule has 1 aliphatic heterocycles. The van der Waals surface area contributed by atoms with Crippen molar-refractivity contribution in [2.45, 2.75) is 32.2 Å². The highest BCUT2D eigenvalue weighted by atomic mass is 16.5. The van der Waals surface area contributed by atoms with Crippen LogP contribution in [0.1, 0.15) is 37.8 Å². The third-order valence-electron chi connectivity index (χ3n) is 4.22. The first-order valence-corrected chi connectivity index (χ1v) is 7.97. The van der Waals surface area contributed by atoms with Crippen LogP contribution in [0.4, 0.5) is 0 Å². The summed E-state index contributed by atoms with van der Waals surface area (Å²) in [4.78, 5) is 2.57. The Labute approximate surface area is 128 Å². The van der Waals surface area contributed by atoms with Crippen LogP contribution in [0.5, 0.6) is 11.5 Å². The molecule has 1 N–H and O–H groups in total. The highest BCUT2D eigenvalue weighted by molar-refractivity contribution is 5.48. The van der Waals surface area contributed by atoms with Gasteiger partial charge in [-0.3, -0.25) is 4.90 Å². The van der Waals surface area contributed by atoms with E-state index in [9.17, 15) is 0 Å². The van der Waals surface area contributed by atoms with Crippen molar-refractivity contribution < 1.29 is 9.47 Å². The van der Waals surface area contributed by atoms with Crippen molar-refractivity contribution in [3.8, 4) is 11.5 Å². The number of ether oxygens (including phenoxy) is 2. The predicted octanol–water partition coefficient (Wildman–Crippen LogP) is 2.84. The topological polar surface area (TPSA) is 33.7 Å². The van der Waals surface area contributed by atoms with Crippen LogP contribution in [0.15, 0.2) is 18.2 Å². The number of nitrogens with one attached hydrogen (secondary N) is 1. The number of rotatable bonds is 7. The summed E-state index contributed by atoms with van der Waals surface area (Å²) in [5, 5.41) is 3.43. The molecule has 0 bridgehead atoms. The van der Waals surface area contributed by atoms with Crippen LogP contribution in [0.25, 0.3) is 0 Å². The van der Waals surface area contributed by atoms with Gasteiger partial charge in [0.15, 0.2) is 11.5 Å². The minimum Gasteiger partial charge on any atom is -0.493 e. The highest BCUT2D eigenvalue weighted by Gasteiger charge is 2.25. The number of benzene rings is 1. The van der Waals surface area contributed by atoms with E-state index in [4.69, 9.17) is 9.47 Å². The molecular weight excluding hydrogens is 264 g/mol. The average Bonchev–Trinajstić information content (AvgIpc) is 2.55. The SMILES string of the molecule is CCCC[C@@H](c1cccc(OC)c1OC)N1CCNCC1. The lowest BCUT2D eigenvalue weighted by atomic mass is 9.97. The molecule has 1 saturated heterocycles. The van der Waals surface area contributed by atoms with Gasteiger partial charge in [-0.1, -0.05) is 31.9 Å². The summed E-state index contributed by atoms with van der Waals surface area (Å²) in [5.41, 5.74) is 1.26. The fourth-order valence-electron chi connectivity index (χ4n) is 3.10. The van der Waals surface area contributed by atoms with Gasteiger partial charge in [-0.25, -0.2) is 0 Å². The molecule has 0 spiro atoms. The van der Waals surface area contributed by atoms with E-state index in [1.807, 2.05) is 6.07 Å². The minimum absolute atomic E-state index is 0.414. The second-order valence-electron chi connectivity index (χ2n) is 5.53. The van der Waals surface area contributed by atoms with E-state index in [1.54, 1.807) is 14.2 Å². The van der Waals surface area contributed by atoms with Gasteiger partial charge in [0.05, 0.1) is 14.2 Å². The van der Waals surface area contributed by atoms with Gasteiger partial charge in [0.1, 0.15) is 0 Å². The Morgan fingerprint density at radius 3 is 2.57 bits per heavy atom. The number of hydrogen-bond acceptors (Lipinski definition) is 4. The number of para-hydroxylation sites is 1. The van der Waals surface area contributed by atoms with E-state index in [0.29, 0.717) is 6.04 Å². The number of nitrogens with zero attached hydrogens (tertiary/aromatic N) is 1. The molecule has 1 fully saturated rings. The Hall–Kier alpha value is -1.26. The van der Waals surface area contributed by atoms with Crippen LogP contribution in [0.2, 0.25) is 0 Å². The maximum Gasteiger partial charge on any atom is 0.165 e. The maximum atomic E-state index is 5.65. The van der Waals surface area contributed by atoms with Gasteiger partial charge < -0.3 is 14.8 Å². The molecule has 4 heteroatoms. The van der Waals surface area contributed by atoms with Crippen LogP contribution in [-0.4, -0.2) is 45.3 Å². The van der Waals surface area contributed by atoms with Crippen LogP contribution in [0, 0.1) is 0 Å². The summed E-state index contributed by atoms with van der Waals surface area (Å²) in [6.45, 7) is 6.56. The van der Waals surface area contributed by atoms with Crippen molar-refractivity contribution in [2.75, 3.05) is 40.4 Å². The zero-order valence-electron chi connectivity index (χ0n) is 13.5. The summed E-state index contributed by atoms with van der Waals surface area (Å²) < 4.78 is 11.1. The van der Waals surface area contributed by atoms with E-state index in [2.05, 4.69) is 29.3 Å². The number of hydrogen-bond donors (Lipinski definition) is 1. The van der Waals surface area contributed by atoms with E-state index in [-0.39, 0.29) is 0 Å². The Morgan fingerprint density at radius 2 is 1.95 bits per heavy atom. The summed E-state index contributed by atoms with van der Waals surface area (Å²) in [5.74, 6) is 1.71. The first-order chi connectivity index (χ1) is 10.3. The molecule has 118 valence electrons. The summed E-state index contributed by atoms with van der Waals surface area (Å²) >= 11 is 0. The van der Waals surface area contributed by atoms with Crippen LogP contribution in [-0.2, 0) is 0 Å². The molecule has 1 atom stereocenters. The minimum atomic E-state index is 0.414. The van der Waals surface area contributed by atoms with Gasteiger partial charge >= 0.3 is 0 Å². The molecule has 0 saturated carbocycles. The van der Waals surface area contributed by atoms with Crippen LogP contribution < -0.4 is 14.8 Å². The van der Waals surface area contributed by atoms with Crippen LogP contribution in [0.3, 0.4) is 0 Å². The molecule has 0 aliphatic carbocycles. The molecule has 0 radical (unpaired) electrons. The lowest BCUT2D eigenvalue weighted by Gasteiger charge is -2.36. The smallest absolute Gasteiger partial charge is 0.165 e. The second-order valence-corrected chi connectivity index (χ2v) is 5.53. The van der Waals surface area contributed by atoms with Crippen molar-refractivity contribution in [1.82, 2.24) is 10.2 Å². The van der Waals surface area contributed by atoms with E-state index in [0.717, 1.165) is 37.7 Å². The molecule has 0 aromatic heterocycles.